The van der Waals surface area contributed by atoms with Gasteiger partial charge < -0.3 is 14.5 Å². The van der Waals surface area contributed by atoms with E-state index < -0.39 is 5.82 Å². The van der Waals surface area contributed by atoms with E-state index in [4.69, 9.17) is 9.72 Å². The Morgan fingerprint density at radius 2 is 1.88 bits per heavy atom. The van der Waals surface area contributed by atoms with Crippen LogP contribution in [0.5, 0.6) is 5.75 Å². The quantitative estimate of drug-likeness (QED) is 0.708. The van der Waals surface area contributed by atoms with Gasteiger partial charge in [-0.3, -0.25) is 4.79 Å². The van der Waals surface area contributed by atoms with Crippen molar-refractivity contribution in [3.8, 4) is 5.75 Å². The van der Waals surface area contributed by atoms with Crippen molar-refractivity contribution in [1.82, 2.24) is 9.88 Å². The van der Waals surface area contributed by atoms with Crippen molar-refractivity contribution >= 4 is 32.6 Å². The molecule has 5 nitrogen and oxygen atoms in total. The van der Waals surface area contributed by atoms with Gasteiger partial charge in [-0.2, -0.15) is 0 Å². The fourth-order valence-corrected chi connectivity index (χ4v) is 4.15. The van der Waals surface area contributed by atoms with Crippen LogP contribution in [0.4, 0.5) is 9.52 Å². The number of benzene rings is 2. The molecule has 134 valence electrons. The van der Waals surface area contributed by atoms with Crippen LogP contribution in [0.25, 0.3) is 10.2 Å². The van der Waals surface area contributed by atoms with Gasteiger partial charge in [0.2, 0.25) is 0 Å². The summed E-state index contributed by atoms with van der Waals surface area (Å²) in [4.78, 5) is 21.1. The van der Waals surface area contributed by atoms with E-state index in [1.807, 2.05) is 18.2 Å². The molecule has 1 aliphatic rings. The number of para-hydroxylation sites is 1. The molecule has 0 saturated carbocycles. The van der Waals surface area contributed by atoms with Gasteiger partial charge in [-0.15, -0.1) is 0 Å². The van der Waals surface area contributed by atoms with Gasteiger partial charge in [-0.1, -0.05) is 29.5 Å². The van der Waals surface area contributed by atoms with Gasteiger partial charge in [0.15, 0.2) is 5.13 Å². The van der Waals surface area contributed by atoms with Crippen molar-refractivity contribution < 1.29 is 13.9 Å². The first-order chi connectivity index (χ1) is 12.7. The molecule has 26 heavy (non-hydrogen) atoms. The minimum Gasteiger partial charge on any atom is -0.494 e. The number of carbonyl (C=O) groups is 1. The van der Waals surface area contributed by atoms with Crippen LogP contribution in [0, 0.1) is 5.82 Å². The fraction of sp³-hybridized carbons (Fsp3) is 0.263. The second kappa shape index (κ2) is 6.92. The van der Waals surface area contributed by atoms with Crippen molar-refractivity contribution in [2.45, 2.75) is 0 Å². The van der Waals surface area contributed by atoms with Crippen LogP contribution < -0.4 is 9.64 Å². The number of halogens is 1. The molecule has 0 spiro atoms. The molecule has 0 N–H and O–H groups in total. The second-order valence-corrected chi connectivity index (χ2v) is 7.07. The number of aromatic nitrogens is 1. The lowest BCUT2D eigenvalue weighted by atomic mass is 10.1. The second-order valence-electron chi connectivity index (χ2n) is 6.06. The summed E-state index contributed by atoms with van der Waals surface area (Å²) in [5.74, 6) is 0.0327. The highest BCUT2D eigenvalue weighted by Crippen LogP contribution is 2.34. The molecule has 1 amide bonds. The predicted molar refractivity (Wildman–Crippen MR) is 101 cm³/mol. The third-order valence-electron chi connectivity index (χ3n) is 4.53. The van der Waals surface area contributed by atoms with Gasteiger partial charge in [0.05, 0.1) is 17.4 Å². The van der Waals surface area contributed by atoms with Crippen molar-refractivity contribution in [3.63, 3.8) is 0 Å². The van der Waals surface area contributed by atoms with Gasteiger partial charge in [-0.05, 0) is 24.3 Å². The molecular weight excluding hydrogens is 353 g/mol. The standard InChI is InChI=1S/C19H18FN3O2S/c1-25-15-7-4-8-16-17(15)21-19(26-16)23-11-9-22(10-12-23)18(24)13-5-2-3-6-14(13)20/h2-8H,9-12H2,1H3. The number of amides is 1. The number of methoxy groups -OCH3 is 1. The Balaban J connectivity index is 1.49. The molecule has 0 atom stereocenters. The molecule has 1 aromatic heterocycles. The Morgan fingerprint density at radius 1 is 1.12 bits per heavy atom. The zero-order chi connectivity index (χ0) is 18.1. The van der Waals surface area contributed by atoms with E-state index in [-0.39, 0.29) is 11.5 Å². The zero-order valence-corrected chi connectivity index (χ0v) is 15.1. The summed E-state index contributed by atoms with van der Waals surface area (Å²) in [5, 5.41) is 0.919. The molecule has 1 saturated heterocycles. The van der Waals surface area contributed by atoms with Crippen LogP contribution in [0.3, 0.4) is 0 Å². The lowest BCUT2D eigenvalue weighted by Crippen LogP contribution is -2.49. The van der Waals surface area contributed by atoms with E-state index in [0.717, 1.165) is 21.1 Å². The Bertz CT molecular complexity index is 951. The van der Waals surface area contributed by atoms with E-state index in [2.05, 4.69) is 4.90 Å². The van der Waals surface area contributed by atoms with Gasteiger partial charge in [0, 0.05) is 26.2 Å². The number of thiazole rings is 1. The molecule has 0 radical (unpaired) electrons. The summed E-state index contributed by atoms with van der Waals surface area (Å²) < 4.78 is 20.3. The minimum absolute atomic E-state index is 0.130. The highest BCUT2D eigenvalue weighted by Gasteiger charge is 2.25. The lowest BCUT2D eigenvalue weighted by molar-refractivity contribution is 0.0742. The number of ether oxygens (including phenoxy) is 1. The number of rotatable bonds is 3. The Labute approximate surface area is 154 Å². The maximum Gasteiger partial charge on any atom is 0.256 e. The third-order valence-corrected chi connectivity index (χ3v) is 5.61. The highest BCUT2D eigenvalue weighted by atomic mass is 32.1. The normalized spacial score (nSPS) is 14.7. The van der Waals surface area contributed by atoms with Crippen LogP contribution in [0.1, 0.15) is 10.4 Å². The summed E-state index contributed by atoms with van der Waals surface area (Å²) in [6.45, 7) is 2.42. The molecule has 1 fully saturated rings. The number of nitrogens with zero attached hydrogens (tertiary/aromatic N) is 3. The first kappa shape index (κ1) is 16.8. The zero-order valence-electron chi connectivity index (χ0n) is 14.3. The van der Waals surface area contributed by atoms with Crippen molar-refractivity contribution in [1.29, 1.82) is 0 Å². The molecule has 4 rings (SSSR count). The number of anilines is 1. The summed E-state index contributed by atoms with van der Waals surface area (Å²) in [6.07, 6.45) is 0. The Kier molecular flexibility index (Phi) is 4.46. The van der Waals surface area contributed by atoms with E-state index in [0.29, 0.717) is 26.2 Å². The summed E-state index contributed by atoms with van der Waals surface area (Å²) in [6, 6.07) is 12.0. The molecule has 0 aliphatic carbocycles. The SMILES string of the molecule is COc1cccc2sc(N3CCN(C(=O)c4ccccc4F)CC3)nc12. The fourth-order valence-electron chi connectivity index (χ4n) is 3.12. The predicted octanol–water partition coefficient (Wildman–Crippen LogP) is 3.41. The first-order valence-electron chi connectivity index (χ1n) is 8.39. The summed E-state index contributed by atoms with van der Waals surface area (Å²) >= 11 is 1.61. The monoisotopic (exact) mass is 371 g/mol. The molecule has 3 aromatic rings. The van der Waals surface area contributed by atoms with Crippen LogP contribution in [-0.2, 0) is 0 Å². The minimum atomic E-state index is -0.474. The number of piperazine rings is 1. The van der Waals surface area contributed by atoms with Crippen LogP contribution in [-0.4, -0.2) is 49.1 Å². The first-order valence-corrected chi connectivity index (χ1v) is 9.21. The largest absolute Gasteiger partial charge is 0.494 e. The Hall–Kier alpha value is -2.67. The van der Waals surface area contributed by atoms with Gasteiger partial charge in [0.1, 0.15) is 17.1 Å². The molecule has 0 bridgehead atoms. The van der Waals surface area contributed by atoms with Gasteiger partial charge in [-0.25, -0.2) is 9.37 Å². The molecule has 2 heterocycles. The maximum atomic E-state index is 13.8. The average molecular weight is 371 g/mol. The van der Waals surface area contributed by atoms with Crippen molar-refractivity contribution in [3.05, 3.63) is 53.8 Å². The summed E-state index contributed by atoms with van der Waals surface area (Å²) in [7, 11) is 1.64. The summed E-state index contributed by atoms with van der Waals surface area (Å²) in [5.41, 5.74) is 0.991. The number of fused-ring (bicyclic) bond motifs is 1. The van der Waals surface area contributed by atoms with E-state index in [9.17, 15) is 9.18 Å². The number of hydrogen-bond donors (Lipinski definition) is 0. The van der Waals surface area contributed by atoms with Crippen LogP contribution in [0.2, 0.25) is 0 Å². The lowest BCUT2D eigenvalue weighted by Gasteiger charge is -2.34. The Morgan fingerprint density at radius 3 is 2.62 bits per heavy atom. The van der Waals surface area contributed by atoms with Gasteiger partial charge >= 0.3 is 0 Å². The number of hydrogen-bond acceptors (Lipinski definition) is 5. The molecular formula is C19H18FN3O2S. The average Bonchev–Trinajstić information content (AvgIpc) is 3.12. The number of carbonyl (C=O) groups excluding carboxylic acids is 1. The van der Waals surface area contributed by atoms with Crippen molar-refractivity contribution in [2.24, 2.45) is 0 Å². The highest BCUT2D eigenvalue weighted by molar-refractivity contribution is 7.22. The molecule has 7 heteroatoms. The smallest absolute Gasteiger partial charge is 0.256 e. The third kappa shape index (κ3) is 2.99. The maximum absolute atomic E-state index is 13.8. The van der Waals surface area contributed by atoms with E-state index in [1.165, 1.54) is 12.1 Å². The molecule has 1 aliphatic heterocycles. The van der Waals surface area contributed by atoms with E-state index >= 15 is 0 Å². The molecule has 2 aromatic carbocycles. The molecule has 0 unspecified atom stereocenters. The topological polar surface area (TPSA) is 45.7 Å². The van der Waals surface area contributed by atoms with E-state index in [1.54, 1.807) is 35.5 Å². The van der Waals surface area contributed by atoms with Gasteiger partial charge in [0.25, 0.3) is 5.91 Å². The van der Waals surface area contributed by atoms with Crippen LogP contribution >= 0.6 is 11.3 Å². The van der Waals surface area contributed by atoms with Crippen LogP contribution in [0.15, 0.2) is 42.5 Å². The van der Waals surface area contributed by atoms with Crippen molar-refractivity contribution in [2.75, 3.05) is 38.2 Å².